The minimum atomic E-state index is -0.178. The SMILES string of the molecule is Cc1c(CNC(=O)c2ccc(Cl)nc2)cnn1C. The van der Waals surface area contributed by atoms with Gasteiger partial charge in [-0.15, -0.1) is 0 Å². The van der Waals surface area contributed by atoms with Crippen molar-refractivity contribution in [2.24, 2.45) is 7.05 Å². The monoisotopic (exact) mass is 264 g/mol. The van der Waals surface area contributed by atoms with E-state index in [9.17, 15) is 4.79 Å². The normalized spacial score (nSPS) is 10.4. The molecular weight excluding hydrogens is 252 g/mol. The number of rotatable bonds is 3. The molecule has 94 valence electrons. The van der Waals surface area contributed by atoms with Crippen LogP contribution in [0.4, 0.5) is 0 Å². The van der Waals surface area contributed by atoms with Gasteiger partial charge in [0.15, 0.2) is 0 Å². The Hall–Kier alpha value is -1.88. The number of nitrogens with zero attached hydrogens (tertiary/aromatic N) is 3. The van der Waals surface area contributed by atoms with Crippen LogP contribution < -0.4 is 5.32 Å². The maximum Gasteiger partial charge on any atom is 0.253 e. The predicted molar refractivity (Wildman–Crippen MR) is 68.4 cm³/mol. The van der Waals surface area contributed by atoms with Gasteiger partial charge >= 0.3 is 0 Å². The molecule has 1 N–H and O–H groups in total. The van der Waals surface area contributed by atoms with Crippen molar-refractivity contribution >= 4 is 17.5 Å². The van der Waals surface area contributed by atoms with Crippen LogP contribution in [0.1, 0.15) is 21.6 Å². The van der Waals surface area contributed by atoms with Crippen LogP contribution in [0.15, 0.2) is 24.5 Å². The van der Waals surface area contributed by atoms with Crippen LogP contribution in [0.5, 0.6) is 0 Å². The maximum atomic E-state index is 11.8. The molecule has 0 saturated heterocycles. The molecule has 5 nitrogen and oxygen atoms in total. The number of hydrogen-bond acceptors (Lipinski definition) is 3. The molecule has 2 aromatic heterocycles. The molecule has 0 aromatic carbocycles. The van der Waals surface area contributed by atoms with Gasteiger partial charge in [-0.3, -0.25) is 9.48 Å². The number of carbonyl (C=O) groups excluding carboxylic acids is 1. The summed E-state index contributed by atoms with van der Waals surface area (Å²) in [6.45, 7) is 2.40. The molecule has 0 unspecified atom stereocenters. The van der Waals surface area contributed by atoms with Crippen molar-refractivity contribution in [3.05, 3.63) is 46.5 Å². The lowest BCUT2D eigenvalue weighted by Gasteiger charge is -2.04. The summed E-state index contributed by atoms with van der Waals surface area (Å²) >= 11 is 5.66. The Labute approximate surface area is 110 Å². The first-order valence-electron chi connectivity index (χ1n) is 5.45. The molecule has 0 bridgehead atoms. The van der Waals surface area contributed by atoms with Crippen molar-refractivity contribution in [1.29, 1.82) is 0 Å². The molecule has 0 atom stereocenters. The smallest absolute Gasteiger partial charge is 0.253 e. The summed E-state index contributed by atoms with van der Waals surface area (Å²) < 4.78 is 1.77. The number of halogens is 1. The standard InChI is InChI=1S/C12H13ClN4O/c1-8-10(7-16-17(8)2)6-15-12(18)9-3-4-11(13)14-5-9/h3-5,7H,6H2,1-2H3,(H,15,18). The first-order chi connectivity index (χ1) is 8.58. The van der Waals surface area contributed by atoms with Gasteiger partial charge < -0.3 is 5.32 Å². The first kappa shape index (κ1) is 12.6. The summed E-state index contributed by atoms with van der Waals surface area (Å²) in [7, 11) is 1.86. The summed E-state index contributed by atoms with van der Waals surface area (Å²) in [4.78, 5) is 15.7. The molecule has 6 heteroatoms. The fourth-order valence-electron chi connectivity index (χ4n) is 1.51. The lowest BCUT2D eigenvalue weighted by Crippen LogP contribution is -2.23. The number of amides is 1. The molecule has 0 fully saturated rings. The Morgan fingerprint density at radius 2 is 2.22 bits per heavy atom. The van der Waals surface area contributed by atoms with Gasteiger partial charge in [-0.25, -0.2) is 4.98 Å². The average molecular weight is 265 g/mol. The Morgan fingerprint density at radius 3 is 2.78 bits per heavy atom. The quantitative estimate of drug-likeness (QED) is 0.859. The fraction of sp³-hybridized carbons (Fsp3) is 0.250. The summed E-state index contributed by atoms with van der Waals surface area (Å²) in [6.07, 6.45) is 3.20. The second-order valence-corrected chi connectivity index (χ2v) is 4.32. The van der Waals surface area contributed by atoms with Crippen LogP contribution in [0.2, 0.25) is 5.15 Å². The molecule has 2 aromatic rings. The van der Waals surface area contributed by atoms with Gasteiger partial charge in [-0.05, 0) is 19.1 Å². The molecule has 0 saturated carbocycles. The Kier molecular flexibility index (Phi) is 3.62. The van der Waals surface area contributed by atoms with Gasteiger partial charge in [-0.2, -0.15) is 5.10 Å². The number of aromatic nitrogens is 3. The number of aryl methyl sites for hydroxylation is 1. The first-order valence-corrected chi connectivity index (χ1v) is 5.83. The van der Waals surface area contributed by atoms with Gasteiger partial charge in [0.05, 0.1) is 11.8 Å². The van der Waals surface area contributed by atoms with Gasteiger partial charge in [0.25, 0.3) is 5.91 Å². The van der Waals surface area contributed by atoms with Crippen molar-refractivity contribution in [3.63, 3.8) is 0 Å². The van der Waals surface area contributed by atoms with Crippen molar-refractivity contribution in [3.8, 4) is 0 Å². The van der Waals surface area contributed by atoms with Gasteiger partial charge in [0.1, 0.15) is 5.15 Å². The third kappa shape index (κ3) is 2.68. The van der Waals surface area contributed by atoms with Crippen LogP contribution >= 0.6 is 11.6 Å². The maximum absolute atomic E-state index is 11.8. The highest BCUT2D eigenvalue weighted by atomic mass is 35.5. The second-order valence-electron chi connectivity index (χ2n) is 3.93. The third-order valence-corrected chi connectivity index (χ3v) is 2.99. The molecule has 0 aliphatic heterocycles. The lowest BCUT2D eigenvalue weighted by atomic mass is 10.2. The highest BCUT2D eigenvalue weighted by Crippen LogP contribution is 2.07. The summed E-state index contributed by atoms with van der Waals surface area (Å²) in [5.74, 6) is -0.178. The molecule has 0 radical (unpaired) electrons. The van der Waals surface area contributed by atoms with E-state index in [1.165, 1.54) is 6.20 Å². The number of carbonyl (C=O) groups is 1. The van der Waals surface area contributed by atoms with Gasteiger partial charge in [-0.1, -0.05) is 11.6 Å². The van der Waals surface area contributed by atoms with Crippen LogP contribution in [0.25, 0.3) is 0 Å². The van der Waals surface area contributed by atoms with Crippen LogP contribution in [-0.2, 0) is 13.6 Å². The lowest BCUT2D eigenvalue weighted by molar-refractivity contribution is 0.0950. The van der Waals surface area contributed by atoms with Gasteiger partial charge in [0.2, 0.25) is 0 Å². The zero-order valence-electron chi connectivity index (χ0n) is 10.1. The summed E-state index contributed by atoms with van der Waals surface area (Å²) in [5, 5.41) is 7.30. The van der Waals surface area contributed by atoms with Crippen molar-refractivity contribution in [1.82, 2.24) is 20.1 Å². The van der Waals surface area contributed by atoms with E-state index in [0.717, 1.165) is 11.3 Å². The molecule has 0 aliphatic carbocycles. The Bertz CT molecular complexity index is 562. The van der Waals surface area contributed by atoms with E-state index in [1.807, 2.05) is 14.0 Å². The molecule has 0 spiro atoms. The zero-order chi connectivity index (χ0) is 13.1. The minimum Gasteiger partial charge on any atom is -0.348 e. The molecule has 0 aliphatic rings. The molecule has 18 heavy (non-hydrogen) atoms. The Morgan fingerprint density at radius 1 is 1.44 bits per heavy atom. The van der Waals surface area contributed by atoms with E-state index in [-0.39, 0.29) is 5.91 Å². The van der Waals surface area contributed by atoms with E-state index in [0.29, 0.717) is 17.3 Å². The third-order valence-electron chi connectivity index (χ3n) is 2.77. The molecular formula is C12H13ClN4O. The van der Waals surface area contributed by atoms with Crippen molar-refractivity contribution < 1.29 is 4.79 Å². The van der Waals surface area contributed by atoms with E-state index in [2.05, 4.69) is 15.4 Å². The molecule has 2 heterocycles. The predicted octanol–water partition coefficient (Wildman–Crippen LogP) is 1.71. The van der Waals surface area contributed by atoms with E-state index in [4.69, 9.17) is 11.6 Å². The highest BCUT2D eigenvalue weighted by molar-refractivity contribution is 6.29. The largest absolute Gasteiger partial charge is 0.348 e. The summed E-state index contributed by atoms with van der Waals surface area (Å²) in [6, 6.07) is 3.23. The van der Waals surface area contributed by atoms with Crippen LogP contribution in [0, 0.1) is 6.92 Å². The number of nitrogens with one attached hydrogen (secondary N) is 1. The fourth-order valence-corrected chi connectivity index (χ4v) is 1.62. The topological polar surface area (TPSA) is 59.8 Å². The van der Waals surface area contributed by atoms with E-state index >= 15 is 0 Å². The van der Waals surface area contributed by atoms with Crippen molar-refractivity contribution in [2.75, 3.05) is 0 Å². The zero-order valence-corrected chi connectivity index (χ0v) is 10.9. The highest BCUT2D eigenvalue weighted by Gasteiger charge is 2.08. The molecule has 2 rings (SSSR count). The summed E-state index contributed by atoms with van der Waals surface area (Å²) in [5.41, 5.74) is 2.51. The Balaban J connectivity index is 2.00. The number of pyridine rings is 1. The van der Waals surface area contributed by atoms with Crippen LogP contribution in [0.3, 0.4) is 0 Å². The van der Waals surface area contributed by atoms with Gasteiger partial charge in [0, 0.05) is 31.0 Å². The number of hydrogen-bond donors (Lipinski definition) is 1. The van der Waals surface area contributed by atoms with E-state index in [1.54, 1.807) is 23.0 Å². The second kappa shape index (κ2) is 5.18. The van der Waals surface area contributed by atoms with Crippen LogP contribution in [-0.4, -0.2) is 20.7 Å². The van der Waals surface area contributed by atoms with Crippen molar-refractivity contribution in [2.45, 2.75) is 13.5 Å². The van der Waals surface area contributed by atoms with E-state index < -0.39 is 0 Å². The average Bonchev–Trinajstić information content (AvgIpc) is 2.68. The molecule has 1 amide bonds. The minimum absolute atomic E-state index is 0.178.